The van der Waals surface area contributed by atoms with Gasteiger partial charge in [-0.05, 0) is 60.2 Å². The van der Waals surface area contributed by atoms with Crippen molar-refractivity contribution < 1.29 is 14.3 Å². The van der Waals surface area contributed by atoms with Gasteiger partial charge in [0, 0.05) is 10.0 Å². The lowest BCUT2D eigenvalue weighted by molar-refractivity contribution is -0.139. The van der Waals surface area contributed by atoms with Crippen LogP contribution in [0.5, 0.6) is 5.75 Å². The van der Waals surface area contributed by atoms with Gasteiger partial charge in [0.1, 0.15) is 12.4 Å². The highest BCUT2D eigenvalue weighted by atomic mass is 79.9. The number of carbonyl (C=O) groups is 1. The number of halogens is 1. The van der Waals surface area contributed by atoms with E-state index in [1.807, 2.05) is 66.7 Å². The highest BCUT2D eigenvalue weighted by molar-refractivity contribution is 9.10. The number of esters is 1. The first-order valence-corrected chi connectivity index (χ1v) is 16.2. The molecule has 0 spiro atoms. The van der Waals surface area contributed by atoms with Crippen LogP contribution in [0.3, 0.4) is 0 Å². The van der Waals surface area contributed by atoms with E-state index in [-0.39, 0.29) is 12.2 Å². The van der Waals surface area contributed by atoms with Gasteiger partial charge in [-0.1, -0.05) is 109 Å². The summed E-state index contributed by atoms with van der Waals surface area (Å²) in [5.41, 5.74) is 4.76. The summed E-state index contributed by atoms with van der Waals surface area (Å²) < 4.78 is 14.9. The van der Waals surface area contributed by atoms with E-state index in [0.717, 1.165) is 27.6 Å². The molecule has 1 atom stereocenters. The molecule has 0 radical (unpaired) electrons. The molecule has 0 amide bonds. The summed E-state index contributed by atoms with van der Waals surface area (Å²) in [6.07, 6.45) is 3.26. The Labute approximate surface area is 264 Å². The van der Waals surface area contributed by atoms with Crippen LogP contribution in [0.15, 0.2) is 98.3 Å². The van der Waals surface area contributed by atoms with Crippen LogP contribution in [0.4, 0.5) is 0 Å². The topological polar surface area (TPSA) is 69.9 Å². The molecule has 222 valence electrons. The number of aromatic nitrogens is 1. The standard InChI is InChI=1S/C35H35BrN2O4S/c1-5-9-28-31(34(40)41-6-2)32(25-16-14-24(15-17-25)22(3)4)38-33(39)30(43-35(38)37-28)20-26-10-7-8-11-29(26)42-21-23-12-18-27(36)19-13-23/h7-8,10-20,22,32H,5-6,9,21H2,1-4H3/b30-20-/t32-/m1/s1. The van der Waals surface area contributed by atoms with Gasteiger partial charge >= 0.3 is 5.97 Å². The number of hydrogen-bond donors (Lipinski definition) is 0. The molecule has 8 heteroatoms. The number of hydrogen-bond acceptors (Lipinski definition) is 6. The van der Waals surface area contributed by atoms with E-state index in [9.17, 15) is 9.59 Å². The van der Waals surface area contributed by atoms with Crippen molar-refractivity contribution in [3.63, 3.8) is 0 Å². The van der Waals surface area contributed by atoms with Crippen LogP contribution in [0.1, 0.15) is 74.8 Å². The minimum atomic E-state index is -0.635. The lowest BCUT2D eigenvalue weighted by Crippen LogP contribution is -2.40. The Kier molecular flexibility index (Phi) is 9.78. The Bertz CT molecular complexity index is 1820. The Morgan fingerprint density at radius 1 is 1.05 bits per heavy atom. The highest BCUT2D eigenvalue weighted by Crippen LogP contribution is 2.33. The number of nitrogens with zero attached hydrogens (tertiary/aromatic N) is 2. The molecule has 1 aliphatic heterocycles. The molecular formula is C35H35BrN2O4S. The van der Waals surface area contributed by atoms with E-state index >= 15 is 0 Å². The van der Waals surface area contributed by atoms with Crippen LogP contribution < -0.4 is 19.6 Å². The van der Waals surface area contributed by atoms with Gasteiger partial charge in [-0.2, -0.15) is 0 Å². The van der Waals surface area contributed by atoms with Crippen molar-refractivity contribution in [3.8, 4) is 5.75 Å². The smallest absolute Gasteiger partial charge is 0.338 e. The van der Waals surface area contributed by atoms with Gasteiger partial charge in [0.2, 0.25) is 0 Å². The molecule has 6 nitrogen and oxygen atoms in total. The maximum Gasteiger partial charge on any atom is 0.338 e. The summed E-state index contributed by atoms with van der Waals surface area (Å²) in [4.78, 5) is 33.0. The monoisotopic (exact) mass is 658 g/mol. The fourth-order valence-electron chi connectivity index (χ4n) is 5.11. The number of fused-ring (bicyclic) bond motifs is 1. The molecule has 0 aliphatic carbocycles. The molecule has 1 aromatic heterocycles. The summed E-state index contributed by atoms with van der Waals surface area (Å²) in [6.45, 7) is 8.76. The Morgan fingerprint density at radius 2 is 1.77 bits per heavy atom. The van der Waals surface area contributed by atoms with Crippen molar-refractivity contribution in [1.82, 2.24) is 4.57 Å². The normalized spacial score (nSPS) is 14.9. The maximum atomic E-state index is 14.2. The van der Waals surface area contributed by atoms with E-state index in [0.29, 0.717) is 45.3 Å². The van der Waals surface area contributed by atoms with Gasteiger partial charge in [-0.15, -0.1) is 0 Å². The van der Waals surface area contributed by atoms with Gasteiger partial charge in [0.05, 0.1) is 28.5 Å². The third-order valence-corrected chi connectivity index (χ3v) is 8.84. The first kappa shape index (κ1) is 30.7. The van der Waals surface area contributed by atoms with Crippen LogP contribution in [-0.4, -0.2) is 17.1 Å². The van der Waals surface area contributed by atoms with Crippen molar-refractivity contribution in [3.05, 3.63) is 130 Å². The van der Waals surface area contributed by atoms with Crippen LogP contribution in [0.2, 0.25) is 0 Å². The fraction of sp³-hybridized carbons (Fsp3) is 0.286. The molecule has 5 rings (SSSR count). The zero-order valence-electron chi connectivity index (χ0n) is 24.8. The summed E-state index contributed by atoms with van der Waals surface area (Å²) >= 11 is 4.79. The third-order valence-electron chi connectivity index (χ3n) is 7.32. The molecule has 0 unspecified atom stereocenters. The number of rotatable bonds is 10. The molecular weight excluding hydrogens is 624 g/mol. The number of para-hydroxylation sites is 1. The molecule has 0 saturated heterocycles. The zero-order chi connectivity index (χ0) is 30.5. The second-order valence-corrected chi connectivity index (χ2v) is 12.6. The molecule has 0 N–H and O–H groups in total. The summed E-state index contributed by atoms with van der Waals surface area (Å²) in [6, 6.07) is 23.2. The van der Waals surface area contributed by atoms with Gasteiger partial charge in [0.25, 0.3) is 5.56 Å². The first-order valence-electron chi connectivity index (χ1n) is 14.6. The number of carbonyl (C=O) groups excluding carboxylic acids is 1. The maximum absolute atomic E-state index is 14.2. The predicted molar refractivity (Wildman–Crippen MR) is 175 cm³/mol. The molecule has 0 saturated carbocycles. The van der Waals surface area contributed by atoms with Crippen LogP contribution in [0, 0.1) is 0 Å². The van der Waals surface area contributed by atoms with E-state index in [1.165, 1.54) is 16.9 Å². The van der Waals surface area contributed by atoms with E-state index in [4.69, 9.17) is 14.5 Å². The molecule has 0 bridgehead atoms. The molecule has 4 aromatic rings. The van der Waals surface area contributed by atoms with Gasteiger partial charge < -0.3 is 9.47 Å². The van der Waals surface area contributed by atoms with Crippen LogP contribution in [-0.2, 0) is 16.1 Å². The minimum Gasteiger partial charge on any atom is -0.488 e. The van der Waals surface area contributed by atoms with Crippen molar-refractivity contribution in [1.29, 1.82) is 0 Å². The predicted octanol–water partition coefficient (Wildman–Crippen LogP) is 7.04. The second kappa shape index (κ2) is 13.7. The minimum absolute atomic E-state index is 0.207. The van der Waals surface area contributed by atoms with E-state index in [1.54, 1.807) is 11.5 Å². The quantitative estimate of drug-likeness (QED) is 0.171. The van der Waals surface area contributed by atoms with Crippen molar-refractivity contribution in [2.45, 2.75) is 59.1 Å². The van der Waals surface area contributed by atoms with Gasteiger partial charge in [-0.3, -0.25) is 9.36 Å². The van der Waals surface area contributed by atoms with Crippen molar-refractivity contribution in [2.24, 2.45) is 4.99 Å². The molecule has 3 aromatic carbocycles. The zero-order valence-corrected chi connectivity index (χ0v) is 27.2. The Balaban J connectivity index is 1.62. The van der Waals surface area contributed by atoms with Gasteiger partial charge in [-0.25, -0.2) is 9.79 Å². The van der Waals surface area contributed by atoms with Crippen molar-refractivity contribution in [2.75, 3.05) is 6.61 Å². The average molecular weight is 660 g/mol. The van der Waals surface area contributed by atoms with Gasteiger partial charge in [0.15, 0.2) is 4.80 Å². The third kappa shape index (κ3) is 6.76. The molecule has 0 fully saturated rings. The number of thiazole rings is 1. The lowest BCUT2D eigenvalue weighted by atomic mass is 9.92. The van der Waals surface area contributed by atoms with Crippen molar-refractivity contribution >= 4 is 39.3 Å². The number of benzene rings is 3. The molecule has 43 heavy (non-hydrogen) atoms. The SMILES string of the molecule is CCCC1=C(C(=O)OCC)[C@@H](c2ccc(C(C)C)cc2)n2c(s/c(=C\c3ccccc3OCc3ccc(Br)cc3)c2=O)=N1. The molecule has 2 heterocycles. The summed E-state index contributed by atoms with van der Waals surface area (Å²) in [5.74, 6) is 0.599. The Morgan fingerprint density at radius 3 is 2.44 bits per heavy atom. The van der Waals surface area contributed by atoms with Crippen LogP contribution >= 0.6 is 27.3 Å². The van der Waals surface area contributed by atoms with E-state index < -0.39 is 12.0 Å². The van der Waals surface area contributed by atoms with E-state index in [2.05, 4.69) is 48.8 Å². The summed E-state index contributed by atoms with van der Waals surface area (Å²) in [5, 5.41) is 0. The number of ether oxygens (including phenoxy) is 2. The average Bonchev–Trinajstić information content (AvgIpc) is 3.31. The largest absolute Gasteiger partial charge is 0.488 e. The summed E-state index contributed by atoms with van der Waals surface area (Å²) in [7, 11) is 0. The molecule has 1 aliphatic rings. The fourth-order valence-corrected chi connectivity index (χ4v) is 6.39. The lowest BCUT2D eigenvalue weighted by Gasteiger charge is -2.26. The van der Waals surface area contributed by atoms with Crippen LogP contribution in [0.25, 0.3) is 6.08 Å². The highest BCUT2D eigenvalue weighted by Gasteiger charge is 2.34. The first-order chi connectivity index (χ1) is 20.8. The number of allylic oxidation sites excluding steroid dienone is 1. The Hall–Kier alpha value is -3.75. The second-order valence-electron chi connectivity index (χ2n) is 10.7.